The van der Waals surface area contributed by atoms with Crippen LogP contribution < -0.4 is 58.2 Å². The summed E-state index contributed by atoms with van der Waals surface area (Å²) in [7, 11) is 0. The molecule has 0 saturated carbocycles. The molecule has 0 spiro atoms. The summed E-state index contributed by atoms with van der Waals surface area (Å²) in [6.07, 6.45) is 0. The van der Waals surface area contributed by atoms with Crippen molar-refractivity contribution in [1.29, 1.82) is 0 Å². The van der Waals surface area contributed by atoms with E-state index >= 15 is 0 Å². The molecular weight excluding hydrogens is 131 g/mol. The average molecular weight is 133 g/mol. The monoisotopic (exact) mass is 133 g/mol. The van der Waals surface area contributed by atoms with Gasteiger partial charge in [0.15, 0.2) is 5.34 Å². The van der Waals surface area contributed by atoms with E-state index in [2.05, 4.69) is 0 Å². The molecule has 0 aromatic heterocycles. The summed E-state index contributed by atoms with van der Waals surface area (Å²) in [5, 5.41) is 7.89. The van der Waals surface area contributed by atoms with Gasteiger partial charge in [0.05, 0.1) is 0 Å². The molecule has 0 aromatic carbocycles. The van der Waals surface area contributed by atoms with Crippen molar-refractivity contribution in [2.24, 2.45) is 5.34 Å². The predicted octanol–water partition coefficient (Wildman–Crippen LogP) is -2.74. The van der Waals surface area contributed by atoms with E-state index in [4.69, 9.17) is 10.1 Å². The van der Waals surface area contributed by atoms with Crippen molar-refractivity contribution in [2.45, 2.75) is 0 Å². The Labute approximate surface area is 73.6 Å². The third-order valence-electron chi connectivity index (χ3n) is 0. The molecule has 0 aliphatic rings. The second-order valence-electron chi connectivity index (χ2n) is 0.0816. The average Bonchev–Trinajstić information content (AvgIpc) is 0.918. The first-order chi connectivity index (χ1) is 1.41. The van der Waals surface area contributed by atoms with Crippen molar-refractivity contribution in [3.05, 3.63) is 4.91 Å². The summed E-state index contributed by atoms with van der Waals surface area (Å²) in [5.74, 6) is 0. The number of rotatable bonds is 0. The zero-order valence-corrected chi connectivity index (χ0v) is 7.22. The molecule has 1 N–H and O–H groups in total. The van der Waals surface area contributed by atoms with E-state index in [9.17, 15) is 0 Å². The summed E-state index contributed by atoms with van der Waals surface area (Å²) < 4.78 is 0. The Bertz CT molecular complexity index is 17.1. The van der Waals surface area contributed by atoms with Gasteiger partial charge in [0.1, 0.15) is 0 Å². The van der Waals surface area contributed by atoms with Gasteiger partial charge < -0.3 is 6.63 Å². The van der Waals surface area contributed by atoms with E-state index in [0.29, 0.717) is 0 Å². The molecule has 4 heteroatoms. The summed E-state index contributed by atoms with van der Waals surface area (Å²) in [6, 6.07) is 0. The van der Waals surface area contributed by atoms with E-state index in [-0.39, 0.29) is 59.6 Å². The maximum Gasteiger partial charge on any atom is 1.00 e. The van der Waals surface area contributed by atoms with Crippen LogP contribution in [-0.2, 0) is 0 Å². The normalized spacial score (nSPS) is 3.00. The third-order valence-corrected chi connectivity index (χ3v) is 0. The van der Waals surface area contributed by atoms with E-state index in [1.807, 2.05) is 0 Å². The number of nitrogens with zero attached hydrogens (tertiary/aromatic N) is 1. The van der Waals surface area contributed by atoms with Crippen LogP contribution in [-0.4, -0.2) is 5.21 Å². The minimum atomic E-state index is 0. The second kappa shape index (κ2) is 8.88. The molecule has 0 radical (unpaired) electrons. The molecule has 0 atom stereocenters. The zero-order chi connectivity index (χ0) is 2.71. The van der Waals surface area contributed by atoms with Gasteiger partial charge in [-0.1, -0.05) is 0 Å². The molecule has 0 fully saturated rings. The Morgan fingerprint density at radius 2 is 2.00 bits per heavy atom. The maximum atomic E-state index is 8.11. The second-order valence-corrected chi connectivity index (χ2v) is 0.0816. The molecule has 4 heavy (non-hydrogen) atoms. The van der Waals surface area contributed by atoms with Crippen molar-refractivity contribution < 1.29 is 64.8 Å². The molecular formula is H2NO2Rb. The van der Waals surface area contributed by atoms with Crippen LogP contribution >= 0.6 is 0 Å². The molecule has 0 aliphatic carbocycles. The standard InChI is InChI=1S/HNO2.Rb.H/c2-1-3;;/h(H,2,3);;/q;+1;-1. The summed E-state index contributed by atoms with van der Waals surface area (Å²) in [6.45, 7) is 0. The van der Waals surface area contributed by atoms with E-state index < -0.39 is 0 Å². The quantitative estimate of drug-likeness (QED) is 0.288. The fourth-order valence-electron chi connectivity index (χ4n) is 0. The van der Waals surface area contributed by atoms with Crippen molar-refractivity contribution in [3.8, 4) is 0 Å². The summed E-state index contributed by atoms with van der Waals surface area (Å²) >= 11 is 0. The van der Waals surface area contributed by atoms with Gasteiger partial charge in [-0.3, -0.25) is 0 Å². The topological polar surface area (TPSA) is 49.7 Å². The molecule has 0 aromatic rings. The van der Waals surface area contributed by atoms with Gasteiger partial charge in [-0.25, -0.2) is 0 Å². The van der Waals surface area contributed by atoms with Crippen molar-refractivity contribution in [3.63, 3.8) is 0 Å². The molecule has 0 saturated heterocycles. The van der Waals surface area contributed by atoms with Crippen LogP contribution in [0, 0.1) is 4.91 Å². The van der Waals surface area contributed by atoms with Crippen molar-refractivity contribution >= 4 is 0 Å². The number of hydrogen-bond acceptors (Lipinski definition) is 2. The zero-order valence-electron chi connectivity index (χ0n) is 3.30. The Hall–Kier alpha value is 1.21. The van der Waals surface area contributed by atoms with Gasteiger partial charge in [-0.15, -0.1) is 4.91 Å². The summed E-state index contributed by atoms with van der Waals surface area (Å²) in [4.78, 5) is 8.11. The molecule has 3 nitrogen and oxygen atoms in total. The van der Waals surface area contributed by atoms with Gasteiger partial charge in [0.25, 0.3) is 0 Å². The van der Waals surface area contributed by atoms with Crippen molar-refractivity contribution in [1.82, 2.24) is 0 Å². The minimum Gasteiger partial charge on any atom is -1.00 e. The largest absolute Gasteiger partial charge is 1.00 e. The number of hydrogen-bond donors (Lipinski definition) is 1. The maximum absolute atomic E-state index is 8.11. The predicted molar refractivity (Wildman–Crippen MR) is 8.69 cm³/mol. The van der Waals surface area contributed by atoms with E-state index in [1.165, 1.54) is 5.34 Å². The fourth-order valence-corrected chi connectivity index (χ4v) is 0. The smallest absolute Gasteiger partial charge is 1.00 e. The first-order valence-corrected chi connectivity index (χ1v) is 0.383. The van der Waals surface area contributed by atoms with Gasteiger partial charge in [-0.05, 0) is 0 Å². The molecule has 0 aliphatic heterocycles. The Morgan fingerprint density at radius 3 is 2.00 bits per heavy atom. The molecule has 0 rings (SSSR count). The van der Waals surface area contributed by atoms with Crippen LogP contribution in [0.1, 0.15) is 1.43 Å². The van der Waals surface area contributed by atoms with Gasteiger partial charge in [0.2, 0.25) is 0 Å². The van der Waals surface area contributed by atoms with Crippen LogP contribution in [0.25, 0.3) is 0 Å². The third kappa shape index (κ3) is 10.7. The molecule has 0 unspecified atom stereocenters. The fraction of sp³-hybridized carbons (Fsp3) is 0. The Kier molecular flexibility index (Phi) is 19.9. The molecule has 0 heterocycles. The van der Waals surface area contributed by atoms with Gasteiger partial charge in [0, 0.05) is 0 Å². The van der Waals surface area contributed by atoms with Gasteiger partial charge >= 0.3 is 58.2 Å². The molecule has 20 valence electrons. The van der Waals surface area contributed by atoms with Crippen LogP contribution in [0.4, 0.5) is 0 Å². The SMILES string of the molecule is O=NO.[H-].[Rb+]. The van der Waals surface area contributed by atoms with Crippen LogP contribution in [0.15, 0.2) is 5.34 Å². The molecule has 0 amide bonds. The van der Waals surface area contributed by atoms with E-state index in [1.54, 1.807) is 0 Å². The van der Waals surface area contributed by atoms with Gasteiger partial charge in [-0.2, -0.15) is 0 Å². The van der Waals surface area contributed by atoms with Crippen LogP contribution in [0.3, 0.4) is 0 Å². The van der Waals surface area contributed by atoms with Crippen molar-refractivity contribution in [2.75, 3.05) is 0 Å². The molecule has 0 bridgehead atoms. The first kappa shape index (κ1) is 8.96. The summed E-state index contributed by atoms with van der Waals surface area (Å²) in [5.41, 5.74) is 0. The van der Waals surface area contributed by atoms with E-state index in [0.717, 1.165) is 0 Å². The first-order valence-electron chi connectivity index (χ1n) is 0.383. The van der Waals surface area contributed by atoms with Crippen LogP contribution in [0.5, 0.6) is 0 Å². The Morgan fingerprint density at radius 1 is 2.00 bits per heavy atom. The van der Waals surface area contributed by atoms with Crippen LogP contribution in [0.2, 0.25) is 0 Å². The minimum absolute atomic E-state index is 0. The Balaban J connectivity index is -0.0000000200.